The van der Waals surface area contributed by atoms with Crippen LogP contribution in [0.2, 0.25) is 0 Å². The number of aryl methyl sites for hydroxylation is 1. The summed E-state index contributed by atoms with van der Waals surface area (Å²) in [6.45, 7) is 4.19. The van der Waals surface area contributed by atoms with E-state index < -0.39 is 0 Å². The second-order valence-corrected chi connectivity index (χ2v) is 6.49. The first kappa shape index (κ1) is 18.2. The summed E-state index contributed by atoms with van der Waals surface area (Å²) in [7, 11) is 1.71. The second kappa shape index (κ2) is 8.67. The van der Waals surface area contributed by atoms with E-state index in [0.717, 1.165) is 38.2 Å². The van der Waals surface area contributed by atoms with Gasteiger partial charge in [0.1, 0.15) is 5.75 Å². The lowest BCUT2D eigenvalue weighted by Gasteiger charge is -2.34. The number of carbonyl (C=O) groups is 1. The summed E-state index contributed by atoms with van der Waals surface area (Å²) in [6.07, 6.45) is 3.54. The number of methoxy groups -OCH3 is 1. The van der Waals surface area contributed by atoms with Crippen molar-refractivity contribution >= 4 is 5.91 Å². The molecule has 2 aromatic rings. The standard InChI is InChI=1S/C20H25N3O3/c1-26-18-7-3-2-5-16(18)6-4-10-22-11-13-23(14-12-22)20(25)17-8-9-19(24)21-15-17/h2-3,5,7-9,15H,4,6,10-14H2,1H3,(H,21,24). The molecule has 0 atom stereocenters. The van der Waals surface area contributed by atoms with Crippen LogP contribution in [0.5, 0.6) is 5.75 Å². The molecular weight excluding hydrogens is 330 g/mol. The van der Waals surface area contributed by atoms with Crippen LogP contribution in [0.15, 0.2) is 47.4 Å². The van der Waals surface area contributed by atoms with Gasteiger partial charge in [0.05, 0.1) is 12.7 Å². The molecule has 6 heteroatoms. The minimum atomic E-state index is -0.193. The van der Waals surface area contributed by atoms with Gasteiger partial charge in [0.2, 0.25) is 5.56 Å². The molecular formula is C20H25N3O3. The maximum absolute atomic E-state index is 12.5. The van der Waals surface area contributed by atoms with E-state index in [0.29, 0.717) is 18.7 Å². The number of ether oxygens (including phenoxy) is 1. The molecule has 0 bridgehead atoms. The highest BCUT2D eigenvalue weighted by molar-refractivity contribution is 5.93. The summed E-state index contributed by atoms with van der Waals surface area (Å²) in [5, 5.41) is 0. The number of para-hydroxylation sites is 1. The van der Waals surface area contributed by atoms with Crippen molar-refractivity contribution in [3.63, 3.8) is 0 Å². The highest BCUT2D eigenvalue weighted by atomic mass is 16.5. The van der Waals surface area contributed by atoms with E-state index in [1.807, 2.05) is 23.1 Å². The van der Waals surface area contributed by atoms with Crippen molar-refractivity contribution in [3.8, 4) is 5.75 Å². The Morgan fingerprint density at radius 3 is 2.58 bits per heavy atom. The molecule has 1 amide bonds. The van der Waals surface area contributed by atoms with Crippen LogP contribution in [0.3, 0.4) is 0 Å². The van der Waals surface area contributed by atoms with Crippen LogP contribution in [0.25, 0.3) is 0 Å². The average Bonchev–Trinajstić information content (AvgIpc) is 2.69. The van der Waals surface area contributed by atoms with Crippen LogP contribution < -0.4 is 10.3 Å². The van der Waals surface area contributed by atoms with Crippen LogP contribution in [0.1, 0.15) is 22.3 Å². The van der Waals surface area contributed by atoms with Gasteiger partial charge in [0, 0.05) is 38.4 Å². The number of aromatic nitrogens is 1. The molecule has 0 aliphatic carbocycles. The minimum absolute atomic E-state index is 0.0186. The first-order valence-corrected chi connectivity index (χ1v) is 8.99. The summed E-state index contributed by atoms with van der Waals surface area (Å²) in [5.41, 5.74) is 1.58. The molecule has 0 unspecified atom stereocenters. The molecule has 0 spiro atoms. The first-order chi connectivity index (χ1) is 12.7. The quantitative estimate of drug-likeness (QED) is 0.858. The van der Waals surface area contributed by atoms with Gasteiger partial charge < -0.3 is 14.6 Å². The van der Waals surface area contributed by atoms with E-state index in [-0.39, 0.29) is 11.5 Å². The molecule has 138 valence electrons. The molecule has 1 aliphatic rings. The minimum Gasteiger partial charge on any atom is -0.496 e. The van der Waals surface area contributed by atoms with E-state index in [9.17, 15) is 9.59 Å². The molecule has 1 aromatic heterocycles. The van der Waals surface area contributed by atoms with Crippen molar-refractivity contribution in [1.29, 1.82) is 0 Å². The normalized spacial score (nSPS) is 15.0. The summed E-state index contributed by atoms with van der Waals surface area (Å²) in [4.78, 5) is 30.4. The molecule has 1 aromatic carbocycles. The number of pyridine rings is 1. The molecule has 1 saturated heterocycles. The Hall–Kier alpha value is -2.60. The van der Waals surface area contributed by atoms with Crippen molar-refractivity contribution in [1.82, 2.24) is 14.8 Å². The van der Waals surface area contributed by atoms with Gasteiger partial charge in [-0.25, -0.2) is 0 Å². The Labute approximate surface area is 153 Å². The Morgan fingerprint density at radius 2 is 1.88 bits per heavy atom. The fraction of sp³-hybridized carbons (Fsp3) is 0.400. The number of H-pyrrole nitrogens is 1. The van der Waals surface area contributed by atoms with Gasteiger partial charge in [-0.05, 0) is 37.1 Å². The molecule has 26 heavy (non-hydrogen) atoms. The van der Waals surface area contributed by atoms with Crippen molar-refractivity contribution in [2.75, 3.05) is 39.8 Å². The number of hydrogen-bond donors (Lipinski definition) is 1. The van der Waals surface area contributed by atoms with Gasteiger partial charge >= 0.3 is 0 Å². The molecule has 0 saturated carbocycles. The number of nitrogens with zero attached hydrogens (tertiary/aromatic N) is 2. The number of hydrogen-bond acceptors (Lipinski definition) is 4. The van der Waals surface area contributed by atoms with Gasteiger partial charge in [-0.2, -0.15) is 0 Å². The maximum Gasteiger partial charge on any atom is 0.255 e. The highest BCUT2D eigenvalue weighted by Gasteiger charge is 2.21. The number of nitrogens with one attached hydrogen (secondary N) is 1. The number of piperazine rings is 1. The van der Waals surface area contributed by atoms with Crippen LogP contribution in [-0.4, -0.2) is 60.5 Å². The Bertz CT molecular complexity index is 774. The Balaban J connectivity index is 1.44. The van der Waals surface area contributed by atoms with E-state index in [1.54, 1.807) is 13.2 Å². The van der Waals surface area contributed by atoms with Gasteiger partial charge in [0.15, 0.2) is 0 Å². The SMILES string of the molecule is COc1ccccc1CCCN1CCN(C(=O)c2ccc(=O)[nH]c2)CC1. The lowest BCUT2D eigenvalue weighted by Crippen LogP contribution is -2.48. The second-order valence-electron chi connectivity index (χ2n) is 6.49. The number of benzene rings is 1. The van der Waals surface area contributed by atoms with Crippen LogP contribution >= 0.6 is 0 Å². The molecule has 6 nitrogen and oxygen atoms in total. The zero-order valence-corrected chi connectivity index (χ0v) is 15.1. The molecule has 3 rings (SSSR count). The summed E-state index contributed by atoms with van der Waals surface area (Å²) in [5.74, 6) is 0.929. The van der Waals surface area contributed by atoms with Gasteiger partial charge in [0.25, 0.3) is 5.91 Å². The smallest absolute Gasteiger partial charge is 0.255 e. The molecule has 1 fully saturated rings. The van der Waals surface area contributed by atoms with Crippen LogP contribution in [-0.2, 0) is 6.42 Å². The van der Waals surface area contributed by atoms with E-state index in [2.05, 4.69) is 16.0 Å². The van der Waals surface area contributed by atoms with E-state index in [4.69, 9.17) is 4.74 Å². The summed E-state index contributed by atoms with van der Waals surface area (Å²) in [6, 6.07) is 11.1. The lowest BCUT2D eigenvalue weighted by molar-refractivity contribution is 0.0635. The van der Waals surface area contributed by atoms with Crippen molar-refractivity contribution < 1.29 is 9.53 Å². The third-order valence-electron chi connectivity index (χ3n) is 4.80. The summed E-state index contributed by atoms with van der Waals surface area (Å²) >= 11 is 0. The number of carbonyl (C=O) groups excluding carboxylic acids is 1. The number of aromatic amines is 1. The summed E-state index contributed by atoms with van der Waals surface area (Å²) < 4.78 is 5.40. The van der Waals surface area contributed by atoms with Gasteiger partial charge in [-0.3, -0.25) is 14.5 Å². The third kappa shape index (κ3) is 4.52. The lowest BCUT2D eigenvalue weighted by atomic mass is 10.1. The van der Waals surface area contributed by atoms with Gasteiger partial charge in [-0.15, -0.1) is 0 Å². The largest absolute Gasteiger partial charge is 0.496 e. The maximum atomic E-state index is 12.5. The molecule has 2 heterocycles. The zero-order valence-electron chi connectivity index (χ0n) is 15.1. The van der Waals surface area contributed by atoms with Crippen LogP contribution in [0.4, 0.5) is 0 Å². The first-order valence-electron chi connectivity index (χ1n) is 8.99. The number of rotatable bonds is 6. The number of amides is 1. The van der Waals surface area contributed by atoms with E-state index >= 15 is 0 Å². The Morgan fingerprint density at radius 1 is 1.12 bits per heavy atom. The fourth-order valence-corrected chi connectivity index (χ4v) is 3.30. The zero-order chi connectivity index (χ0) is 18.4. The van der Waals surface area contributed by atoms with Crippen molar-refractivity contribution in [2.24, 2.45) is 0 Å². The van der Waals surface area contributed by atoms with Crippen molar-refractivity contribution in [3.05, 3.63) is 64.1 Å². The van der Waals surface area contributed by atoms with Gasteiger partial charge in [-0.1, -0.05) is 18.2 Å². The molecule has 1 N–H and O–H groups in total. The highest BCUT2D eigenvalue weighted by Crippen LogP contribution is 2.19. The molecule has 0 radical (unpaired) electrons. The predicted octanol–water partition coefficient (Wildman–Crippen LogP) is 1.77. The monoisotopic (exact) mass is 355 g/mol. The van der Waals surface area contributed by atoms with Crippen molar-refractivity contribution in [2.45, 2.75) is 12.8 Å². The third-order valence-corrected chi connectivity index (χ3v) is 4.80. The van der Waals surface area contributed by atoms with Crippen LogP contribution in [0, 0.1) is 0 Å². The average molecular weight is 355 g/mol. The molecule has 1 aliphatic heterocycles. The van der Waals surface area contributed by atoms with E-state index in [1.165, 1.54) is 17.8 Å². The predicted molar refractivity (Wildman–Crippen MR) is 101 cm³/mol. The topological polar surface area (TPSA) is 65.6 Å². The Kier molecular flexibility index (Phi) is 6.07. The fourth-order valence-electron chi connectivity index (χ4n) is 3.30.